The normalized spacial score (nSPS) is 20.1. The number of hydrogen-bond acceptors (Lipinski definition) is 4. The van der Waals surface area contributed by atoms with Crippen LogP contribution >= 0.6 is 0 Å². The molecule has 1 atom stereocenters. The van der Waals surface area contributed by atoms with E-state index in [-0.39, 0.29) is 17.9 Å². The van der Waals surface area contributed by atoms with E-state index in [1.165, 1.54) is 0 Å². The summed E-state index contributed by atoms with van der Waals surface area (Å²) in [6, 6.07) is 3.51. The van der Waals surface area contributed by atoms with Crippen LogP contribution in [0.15, 0.2) is 22.8 Å². The molecule has 1 unspecified atom stereocenters. The maximum atomic E-state index is 11.9. The Labute approximate surface area is 113 Å². The molecular weight excluding hydrogens is 244 g/mol. The fourth-order valence-corrected chi connectivity index (χ4v) is 2.30. The molecule has 1 aromatic rings. The van der Waals surface area contributed by atoms with Crippen LogP contribution in [0, 0.1) is 5.92 Å². The number of nitrogens with one attached hydrogen (secondary N) is 1. The van der Waals surface area contributed by atoms with Crippen molar-refractivity contribution >= 4 is 5.91 Å². The van der Waals surface area contributed by atoms with Crippen molar-refractivity contribution in [2.45, 2.75) is 32.4 Å². The molecule has 19 heavy (non-hydrogen) atoms. The van der Waals surface area contributed by atoms with Gasteiger partial charge in [-0.05, 0) is 25.0 Å². The number of furan rings is 1. The van der Waals surface area contributed by atoms with Gasteiger partial charge in [0, 0.05) is 13.1 Å². The van der Waals surface area contributed by atoms with E-state index in [2.05, 4.69) is 5.32 Å². The molecule has 1 amide bonds. The summed E-state index contributed by atoms with van der Waals surface area (Å²) in [5, 5.41) is 13.0. The first-order valence-electron chi connectivity index (χ1n) is 6.68. The maximum absolute atomic E-state index is 11.9. The lowest BCUT2D eigenvalue weighted by Gasteiger charge is -2.48. The van der Waals surface area contributed by atoms with Crippen LogP contribution in [0.5, 0.6) is 0 Å². The molecule has 1 aliphatic heterocycles. The summed E-state index contributed by atoms with van der Waals surface area (Å²) in [6.45, 7) is 7.32. The van der Waals surface area contributed by atoms with Crippen LogP contribution in [0.4, 0.5) is 0 Å². The van der Waals surface area contributed by atoms with Gasteiger partial charge in [0.25, 0.3) is 0 Å². The van der Waals surface area contributed by atoms with Crippen LogP contribution in [0.1, 0.15) is 32.6 Å². The topological polar surface area (TPSA) is 65.7 Å². The number of nitrogens with zero attached hydrogens (tertiary/aromatic N) is 1. The number of β-amino-alcohol motifs (C(OH)–C–C–N with tert-alkyl or cyclic N) is 1. The SMILES string of the molecule is CC(NC(=O)CN1CC(O)(C(C)C)C1)c1ccco1. The summed E-state index contributed by atoms with van der Waals surface area (Å²) in [6.07, 6.45) is 1.59. The van der Waals surface area contributed by atoms with Gasteiger partial charge in [-0.3, -0.25) is 9.69 Å². The zero-order valence-corrected chi connectivity index (χ0v) is 11.7. The summed E-state index contributed by atoms with van der Waals surface area (Å²) in [5.74, 6) is 0.916. The van der Waals surface area contributed by atoms with Gasteiger partial charge in [-0.25, -0.2) is 0 Å². The molecule has 0 spiro atoms. The standard InChI is InChI=1S/C14H22N2O3/c1-10(2)14(18)8-16(9-14)7-13(17)15-11(3)12-5-4-6-19-12/h4-6,10-11,18H,7-9H2,1-3H3,(H,15,17). The van der Waals surface area contributed by atoms with Gasteiger partial charge < -0.3 is 14.8 Å². The average Bonchev–Trinajstić information content (AvgIpc) is 2.79. The number of hydrogen-bond donors (Lipinski definition) is 2. The second-order valence-corrected chi connectivity index (χ2v) is 5.71. The summed E-state index contributed by atoms with van der Waals surface area (Å²) in [7, 11) is 0. The largest absolute Gasteiger partial charge is 0.467 e. The smallest absolute Gasteiger partial charge is 0.234 e. The predicted octanol–water partition coefficient (Wildman–Crippen LogP) is 1.16. The number of rotatable bonds is 5. The Morgan fingerprint density at radius 3 is 2.74 bits per heavy atom. The van der Waals surface area contributed by atoms with Gasteiger partial charge >= 0.3 is 0 Å². The van der Waals surface area contributed by atoms with Gasteiger partial charge in [0.2, 0.25) is 5.91 Å². The van der Waals surface area contributed by atoms with E-state index in [0.29, 0.717) is 19.6 Å². The molecule has 2 heterocycles. The van der Waals surface area contributed by atoms with Crippen LogP contribution in [0.2, 0.25) is 0 Å². The molecule has 0 aliphatic carbocycles. The molecule has 0 aromatic carbocycles. The number of aliphatic hydroxyl groups is 1. The Bertz CT molecular complexity index is 422. The summed E-state index contributed by atoms with van der Waals surface area (Å²) in [4.78, 5) is 13.8. The van der Waals surface area contributed by atoms with Crippen LogP contribution in [-0.2, 0) is 4.79 Å². The third kappa shape index (κ3) is 3.16. The van der Waals surface area contributed by atoms with Crippen molar-refractivity contribution in [2.75, 3.05) is 19.6 Å². The summed E-state index contributed by atoms with van der Waals surface area (Å²) < 4.78 is 5.24. The molecule has 1 fully saturated rings. The van der Waals surface area contributed by atoms with Crippen molar-refractivity contribution in [3.8, 4) is 0 Å². The highest BCUT2D eigenvalue weighted by molar-refractivity contribution is 5.78. The van der Waals surface area contributed by atoms with E-state index in [0.717, 1.165) is 5.76 Å². The first kappa shape index (κ1) is 14.1. The van der Waals surface area contributed by atoms with E-state index in [4.69, 9.17) is 4.42 Å². The van der Waals surface area contributed by atoms with E-state index in [9.17, 15) is 9.90 Å². The summed E-state index contributed by atoms with van der Waals surface area (Å²) >= 11 is 0. The van der Waals surface area contributed by atoms with Crippen molar-refractivity contribution in [2.24, 2.45) is 5.92 Å². The van der Waals surface area contributed by atoms with Crippen molar-refractivity contribution < 1.29 is 14.3 Å². The van der Waals surface area contributed by atoms with Crippen LogP contribution in [0.3, 0.4) is 0 Å². The van der Waals surface area contributed by atoms with Crippen LogP contribution in [0.25, 0.3) is 0 Å². The summed E-state index contributed by atoms with van der Waals surface area (Å²) in [5.41, 5.74) is -0.632. The van der Waals surface area contributed by atoms with Crippen molar-refractivity contribution in [1.82, 2.24) is 10.2 Å². The molecule has 0 saturated carbocycles. The minimum Gasteiger partial charge on any atom is -0.467 e. The highest BCUT2D eigenvalue weighted by Crippen LogP contribution is 2.28. The Hall–Kier alpha value is -1.33. The Kier molecular flexibility index (Phi) is 3.96. The molecule has 2 rings (SSSR count). The molecule has 0 bridgehead atoms. The second-order valence-electron chi connectivity index (χ2n) is 5.71. The quantitative estimate of drug-likeness (QED) is 0.839. The lowest BCUT2D eigenvalue weighted by atomic mass is 9.83. The number of carbonyl (C=O) groups excluding carboxylic acids is 1. The fourth-order valence-electron chi connectivity index (χ4n) is 2.30. The third-order valence-corrected chi connectivity index (χ3v) is 3.78. The minimum absolute atomic E-state index is 0.0466. The second kappa shape index (κ2) is 5.35. The number of amides is 1. The van der Waals surface area contributed by atoms with E-state index >= 15 is 0 Å². The first-order valence-corrected chi connectivity index (χ1v) is 6.68. The van der Waals surface area contributed by atoms with E-state index < -0.39 is 5.60 Å². The zero-order valence-electron chi connectivity index (χ0n) is 11.7. The van der Waals surface area contributed by atoms with Gasteiger partial charge in [-0.15, -0.1) is 0 Å². The first-order chi connectivity index (χ1) is 8.90. The monoisotopic (exact) mass is 266 g/mol. The number of carbonyl (C=O) groups is 1. The lowest BCUT2D eigenvalue weighted by Crippen LogP contribution is -2.65. The van der Waals surface area contributed by atoms with Crippen molar-refractivity contribution in [3.05, 3.63) is 24.2 Å². The maximum Gasteiger partial charge on any atom is 0.234 e. The molecular formula is C14H22N2O3. The molecule has 0 radical (unpaired) electrons. The predicted molar refractivity (Wildman–Crippen MR) is 71.5 cm³/mol. The van der Waals surface area contributed by atoms with Crippen molar-refractivity contribution in [1.29, 1.82) is 0 Å². The van der Waals surface area contributed by atoms with E-state index in [1.807, 2.05) is 31.7 Å². The third-order valence-electron chi connectivity index (χ3n) is 3.78. The van der Waals surface area contributed by atoms with Gasteiger partial charge in [0.1, 0.15) is 5.76 Å². The molecule has 106 valence electrons. The average molecular weight is 266 g/mol. The molecule has 1 aliphatic rings. The lowest BCUT2D eigenvalue weighted by molar-refractivity contribution is -0.142. The van der Waals surface area contributed by atoms with Gasteiger partial charge in [0.05, 0.1) is 24.5 Å². The van der Waals surface area contributed by atoms with Crippen LogP contribution in [-0.4, -0.2) is 41.1 Å². The fraction of sp³-hybridized carbons (Fsp3) is 0.643. The molecule has 1 aromatic heterocycles. The molecule has 5 heteroatoms. The van der Waals surface area contributed by atoms with Gasteiger partial charge in [0.15, 0.2) is 0 Å². The number of likely N-dealkylation sites (tertiary alicyclic amines) is 1. The van der Waals surface area contributed by atoms with Gasteiger partial charge in [-0.2, -0.15) is 0 Å². The van der Waals surface area contributed by atoms with Gasteiger partial charge in [-0.1, -0.05) is 13.8 Å². The molecule has 5 nitrogen and oxygen atoms in total. The van der Waals surface area contributed by atoms with Crippen LogP contribution < -0.4 is 5.32 Å². The van der Waals surface area contributed by atoms with Crippen molar-refractivity contribution in [3.63, 3.8) is 0 Å². The highest BCUT2D eigenvalue weighted by atomic mass is 16.3. The molecule has 2 N–H and O–H groups in total. The Morgan fingerprint density at radius 1 is 1.53 bits per heavy atom. The minimum atomic E-state index is -0.632. The Balaban J connectivity index is 1.75. The Morgan fingerprint density at radius 2 is 2.21 bits per heavy atom. The highest BCUT2D eigenvalue weighted by Gasteiger charge is 2.43. The molecule has 1 saturated heterocycles. The van der Waals surface area contributed by atoms with E-state index in [1.54, 1.807) is 12.3 Å². The zero-order chi connectivity index (χ0) is 14.0.